The summed E-state index contributed by atoms with van der Waals surface area (Å²) >= 11 is 0. The number of alkyl halides is 1. The van der Waals surface area contributed by atoms with Crippen molar-refractivity contribution in [2.45, 2.75) is 6.42 Å². The fourth-order valence-corrected chi connectivity index (χ4v) is 0.931. The summed E-state index contributed by atoms with van der Waals surface area (Å²) in [6, 6.07) is 6.97. The van der Waals surface area contributed by atoms with Gasteiger partial charge < -0.3 is 0 Å². The molecule has 0 N–H and O–H groups in total. The first-order valence-corrected chi connectivity index (χ1v) is 3.47. The van der Waals surface area contributed by atoms with Crippen LogP contribution in [0.3, 0.4) is 0 Å². The Kier molecular flexibility index (Phi) is 2.78. The highest BCUT2D eigenvalue weighted by molar-refractivity contribution is 5.74. The molecule has 1 nitrogen and oxygen atoms in total. The Morgan fingerprint density at radius 3 is 2.91 bits per heavy atom. The number of carbonyl (C=O) groups excluding carboxylic acids is 1. The van der Waals surface area contributed by atoms with Gasteiger partial charge in [0.2, 0.25) is 0 Å². The second-order valence-electron chi connectivity index (χ2n) is 2.30. The lowest BCUT2D eigenvalue weighted by atomic mass is 10.1. The number of aldehydes is 1. The summed E-state index contributed by atoms with van der Waals surface area (Å²) in [6.07, 6.45) is 1.16. The van der Waals surface area contributed by atoms with Crippen molar-refractivity contribution >= 4 is 6.29 Å². The first-order valence-electron chi connectivity index (χ1n) is 3.47. The first-order chi connectivity index (χ1) is 5.36. The average molecular weight is 152 g/mol. The maximum Gasteiger partial charge on any atom is 0.150 e. The second-order valence-corrected chi connectivity index (χ2v) is 2.30. The number of hydrogen-bond donors (Lipinski definition) is 0. The Morgan fingerprint density at radius 2 is 2.27 bits per heavy atom. The molecule has 0 fully saturated rings. The summed E-state index contributed by atoms with van der Waals surface area (Å²) in [4.78, 5) is 10.3. The van der Waals surface area contributed by atoms with Gasteiger partial charge in [-0.15, -0.1) is 0 Å². The van der Waals surface area contributed by atoms with E-state index in [1.165, 1.54) is 0 Å². The van der Waals surface area contributed by atoms with E-state index >= 15 is 0 Å². The summed E-state index contributed by atoms with van der Waals surface area (Å²) in [7, 11) is 0. The highest BCUT2D eigenvalue weighted by Crippen LogP contribution is 2.03. The molecular weight excluding hydrogens is 143 g/mol. The highest BCUT2D eigenvalue weighted by atomic mass is 19.1. The van der Waals surface area contributed by atoms with Crippen LogP contribution in [0, 0.1) is 0 Å². The maximum atomic E-state index is 11.8. The standard InChI is InChI=1S/C9H9FO/c10-5-4-8-2-1-3-9(6-8)7-11/h1-3,6-7H,4-5H2. The molecule has 0 spiro atoms. The van der Waals surface area contributed by atoms with Crippen molar-refractivity contribution in [3.05, 3.63) is 35.4 Å². The summed E-state index contributed by atoms with van der Waals surface area (Å²) in [6.45, 7) is -0.373. The number of benzene rings is 1. The summed E-state index contributed by atoms with van der Waals surface area (Å²) < 4.78 is 11.8. The number of aryl methyl sites for hydroxylation is 1. The molecule has 1 aromatic rings. The van der Waals surface area contributed by atoms with Gasteiger partial charge in [-0.2, -0.15) is 0 Å². The van der Waals surface area contributed by atoms with Crippen LogP contribution in [0.1, 0.15) is 15.9 Å². The monoisotopic (exact) mass is 152 g/mol. The predicted molar refractivity (Wildman–Crippen MR) is 41.5 cm³/mol. The quantitative estimate of drug-likeness (QED) is 0.605. The number of hydrogen-bond acceptors (Lipinski definition) is 1. The van der Waals surface area contributed by atoms with Gasteiger partial charge >= 0.3 is 0 Å². The van der Waals surface area contributed by atoms with Gasteiger partial charge in [0.25, 0.3) is 0 Å². The van der Waals surface area contributed by atoms with Crippen molar-refractivity contribution in [3.8, 4) is 0 Å². The summed E-state index contributed by atoms with van der Waals surface area (Å²) in [5, 5.41) is 0. The van der Waals surface area contributed by atoms with Gasteiger partial charge in [0, 0.05) is 12.0 Å². The van der Waals surface area contributed by atoms with E-state index in [4.69, 9.17) is 0 Å². The Bertz CT molecular complexity index is 245. The van der Waals surface area contributed by atoms with Gasteiger partial charge in [-0.1, -0.05) is 18.2 Å². The average Bonchev–Trinajstić information content (AvgIpc) is 2.06. The second kappa shape index (κ2) is 3.86. The van der Waals surface area contributed by atoms with Crippen molar-refractivity contribution in [1.29, 1.82) is 0 Å². The lowest BCUT2D eigenvalue weighted by Gasteiger charge is -1.96. The minimum atomic E-state index is -0.373. The van der Waals surface area contributed by atoms with Crippen molar-refractivity contribution in [3.63, 3.8) is 0 Å². The van der Waals surface area contributed by atoms with E-state index in [1.807, 2.05) is 6.07 Å². The van der Waals surface area contributed by atoms with Crippen molar-refractivity contribution in [1.82, 2.24) is 0 Å². The molecule has 0 saturated carbocycles. The molecule has 0 atom stereocenters. The minimum Gasteiger partial charge on any atom is -0.298 e. The summed E-state index contributed by atoms with van der Waals surface area (Å²) in [5.74, 6) is 0. The molecule has 0 amide bonds. The van der Waals surface area contributed by atoms with Gasteiger partial charge in [-0.3, -0.25) is 9.18 Å². The Balaban J connectivity index is 2.82. The zero-order valence-corrected chi connectivity index (χ0v) is 6.09. The van der Waals surface area contributed by atoms with E-state index in [2.05, 4.69) is 0 Å². The summed E-state index contributed by atoms with van der Waals surface area (Å²) in [5.41, 5.74) is 1.48. The van der Waals surface area contributed by atoms with Crippen LogP contribution in [0.2, 0.25) is 0 Å². The minimum absolute atomic E-state index is 0.373. The molecule has 0 aliphatic heterocycles. The molecule has 11 heavy (non-hydrogen) atoms. The van der Waals surface area contributed by atoms with Crippen LogP contribution < -0.4 is 0 Å². The molecule has 0 heterocycles. The van der Waals surface area contributed by atoms with E-state index in [0.717, 1.165) is 11.8 Å². The molecule has 58 valence electrons. The molecule has 0 unspecified atom stereocenters. The van der Waals surface area contributed by atoms with E-state index in [0.29, 0.717) is 12.0 Å². The molecule has 0 bridgehead atoms. The maximum absolute atomic E-state index is 11.8. The third-order valence-corrected chi connectivity index (χ3v) is 1.47. The van der Waals surface area contributed by atoms with Crippen molar-refractivity contribution < 1.29 is 9.18 Å². The van der Waals surface area contributed by atoms with Gasteiger partial charge in [0.1, 0.15) is 6.29 Å². The molecule has 2 heteroatoms. The molecule has 0 radical (unpaired) electrons. The van der Waals surface area contributed by atoms with Crippen molar-refractivity contribution in [2.24, 2.45) is 0 Å². The smallest absolute Gasteiger partial charge is 0.150 e. The molecule has 0 aliphatic rings. The van der Waals surface area contributed by atoms with Crippen LogP contribution in [0.4, 0.5) is 4.39 Å². The topological polar surface area (TPSA) is 17.1 Å². The van der Waals surface area contributed by atoms with E-state index in [-0.39, 0.29) is 6.67 Å². The van der Waals surface area contributed by atoms with Crippen LogP contribution >= 0.6 is 0 Å². The fraction of sp³-hybridized carbons (Fsp3) is 0.222. The van der Waals surface area contributed by atoms with Gasteiger partial charge in [0.05, 0.1) is 6.67 Å². The number of rotatable bonds is 3. The zero-order valence-electron chi connectivity index (χ0n) is 6.09. The van der Waals surface area contributed by atoms with Crippen LogP contribution in [-0.2, 0) is 6.42 Å². The normalized spacial score (nSPS) is 9.55. The predicted octanol–water partition coefficient (Wildman–Crippen LogP) is 2.01. The van der Waals surface area contributed by atoms with Crippen LogP contribution in [0.25, 0.3) is 0 Å². The first kappa shape index (κ1) is 7.92. The zero-order chi connectivity index (χ0) is 8.10. The molecule has 0 aromatic heterocycles. The Labute approximate surface area is 64.9 Å². The van der Waals surface area contributed by atoms with E-state index in [1.54, 1.807) is 18.2 Å². The molecule has 1 aromatic carbocycles. The molecule has 0 saturated heterocycles. The van der Waals surface area contributed by atoms with Gasteiger partial charge in [-0.25, -0.2) is 0 Å². The van der Waals surface area contributed by atoms with Gasteiger partial charge in [0.15, 0.2) is 0 Å². The lowest BCUT2D eigenvalue weighted by Crippen LogP contribution is -1.88. The largest absolute Gasteiger partial charge is 0.298 e. The van der Waals surface area contributed by atoms with Crippen molar-refractivity contribution in [2.75, 3.05) is 6.67 Å². The third kappa shape index (κ3) is 2.15. The molecular formula is C9H9FO. The highest BCUT2D eigenvalue weighted by Gasteiger charge is 1.93. The molecule has 0 aliphatic carbocycles. The Morgan fingerprint density at radius 1 is 1.45 bits per heavy atom. The van der Waals surface area contributed by atoms with Crippen LogP contribution in [-0.4, -0.2) is 13.0 Å². The third-order valence-electron chi connectivity index (χ3n) is 1.47. The number of halogens is 1. The van der Waals surface area contributed by atoms with E-state index in [9.17, 15) is 9.18 Å². The number of carbonyl (C=O) groups is 1. The van der Waals surface area contributed by atoms with Gasteiger partial charge in [-0.05, 0) is 11.6 Å². The SMILES string of the molecule is O=Cc1cccc(CCF)c1. The van der Waals surface area contributed by atoms with Crippen LogP contribution in [0.15, 0.2) is 24.3 Å². The lowest BCUT2D eigenvalue weighted by molar-refractivity contribution is 0.112. The van der Waals surface area contributed by atoms with Crippen LogP contribution in [0.5, 0.6) is 0 Å². The van der Waals surface area contributed by atoms with E-state index < -0.39 is 0 Å². The fourth-order valence-electron chi connectivity index (χ4n) is 0.931. The molecule has 1 rings (SSSR count). The Hall–Kier alpha value is -1.18.